The lowest BCUT2D eigenvalue weighted by Crippen LogP contribution is -2.47. The molecule has 126 valence electrons. The van der Waals surface area contributed by atoms with Gasteiger partial charge in [0.05, 0.1) is 0 Å². The predicted molar refractivity (Wildman–Crippen MR) is 92.8 cm³/mol. The van der Waals surface area contributed by atoms with Gasteiger partial charge >= 0.3 is 0 Å². The lowest BCUT2D eigenvalue weighted by atomic mass is 10.1. The van der Waals surface area contributed by atoms with Gasteiger partial charge in [0.1, 0.15) is 5.75 Å². The highest BCUT2D eigenvalue weighted by atomic mass is 16.5. The quantitative estimate of drug-likeness (QED) is 0.849. The van der Waals surface area contributed by atoms with Crippen molar-refractivity contribution < 1.29 is 14.3 Å². The molecule has 5 heteroatoms. The zero-order valence-electron chi connectivity index (χ0n) is 14.3. The minimum atomic E-state index is -0.733. The fourth-order valence-electron chi connectivity index (χ4n) is 2.21. The molecule has 0 bridgehead atoms. The molecular formula is C19H22N2O3. The van der Waals surface area contributed by atoms with Crippen LogP contribution in [0.2, 0.25) is 0 Å². The maximum atomic E-state index is 12.1. The van der Waals surface area contributed by atoms with E-state index in [0.717, 1.165) is 16.7 Å². The largest absolute Gasteiger partial charge is 0.480 e. The molecule has 1 atom stereocenters. The molecule has 0 aromatic heterocycles. The standard InChI is InChI=1S/C19H22N2O3/c1-12-8-10-16(11-9-12)19(23)21-20-18(22)15(4)24-17-13(2)6-5-7-14(17)3/h5-11,15H,1-4H3,(H,20,22)(H,21,23)/t15-/m0/s1. The number of aryl methyl sites for hydroxylation is 3. The first-order valence-corrected chi connectivity index (χ1v) is 7.78. The van der Waals surface area contributed by atoms with Crippen molar-refractivity contribution in [2.24, 2.45) is 0 Å². The Balaban J connectivity index is 1.92. The molecule has 0 heterocycles. The van der Waals surface area contributed by atoms with E-state index in [-0.39, 0.29) is 5.91 Å². The smallest absolute Gasteiger partial charge is 0.279 e. The number of amides is 2. The number of carbonyl (C=O) groups is 2. The molecular weight excluding hydrogens is 304 g/mol. The molecule has 0 fully saturated rings. The zero-order valence-corrected chi connectivity index (χ0v) is 14.3. The molecule has 2 aromatic carbocycles. The number of hydrogen-bond acceptors (Lipinski definition) is 3. The van der Waals surface area contributed by atoms with E-state index in [1.807, 2.05) is 51.1 Å². The van der Waals surface area contributed by atoms with Gasteiger partial charge in [-0.2, -0.15) is 0 Å². The van der Waals surface area contributed by atoms with Crippen molar-refractivity contribution in [3.8, 4) is 5.75 Å². The van der Waals surface area contributed by atoms with E-state index >= 15 is 0 Å². The summed E-state index contributed by atoms with van der Waals surface area (Å²) in [7, 11) is 0. The van der Waals surface area contributed by atoms with Gasteiger partial charge in [-0.25, -0.2) is 0 Å². The summed E-state index contributed by atoms with van der Waals surface area (Å²) < 4.78 is 5.73. The van der Waals surface area contributed by atoms with Gasteiger partial charge in [-0.1, -0.05) is 35.9 Å². The summed E-state index contributed by atoms with van der Waals surface area (Å²) in [5, 5.41) is 0. The lowest BCUT2D eigenvalue weighted by Gasteiger charge is -2.18. The topological polar surface area (TPSA) is 67.4 Å². The molecule has 2 rings (SSSR count). The Hall–Kier alpha value is -2.82. The van der Waals surface area contributed by atoms with Crippen LogP contribution < -0.4 is 15.6 Å². The first-order chi connectivity index (χ1) is 11.4. The number of para-hydroxylation sites is 1. The van der Waals surface area contributed by atoms with Gasteiger partial charge in [0, 0.05) is 5.56 Å². The van der Waals surface area contributed by atoms with E-state index in [2.05, 4.69) is 10.9 Å². The zero-order chi connectivity index (χ0) is 17.7. The van der Waals surface area contributed by atoms with E-state index in [0.29, 0.717) is 11.3 Å². The highest BCUT2D eigenvalue weighted by molar-refractivity contribution is 5.95. The number of hydrogen-bond donors (Lipinski definition) is 2. The second-order valence-corrected chi connectivity index (χ2v) is 5.79. The van der Waals surface area contributed by atoms with E-state index in [1.165, 1.54) is 0 Å². The van der Waals surface area contributed by atoms with Gasteiger partial charge in [-0.05, 0) is 51.0 Å². The van der Waals surface area contributed by atoms with Crippen molar-refractivity contribution in [1.82, 2.24) is 10.9 Å². The fraction of sp³-hybridized carbons (Fsp3) is 0.263. The van der Waals surface area contributed by atoms with Crippen LogP contribution in [0.4, 0.5) is 0 Å². The van der Waals surface area contributed by atoms with Crippen molar-refractivity contribution >= 4 is 11.8 Å². The van der Waals surface area contributed by atoms with Gasteiger partial charge in [0.25, 0.3) is 11.8 Å². The van der Waals surface area contributed by atoms with Crippen LogP contribution in [0.5, 0.6) is 5.75 Å². The average molecular weight is 326 g/mol. The number of ether oxygens (including phenoxy) is 1. The molecule has 0 aliphatic rings. The molecule has 5 nitrogen and oxygen atoms in total. The first kappa shape index (κ1) is 17.5. The van der Waals surface area contributed by atoms with Crippen molar-refractivity contribution in [2.75, 3.05) is 0 Å². The Labute approximate surface area is 142 Å². The predicted octanol–water partition coefficient (Wildman–Crippen LogP) is 2.84. The van der Waals surface area contributed by atoms with Crippen LogP contribution in [0.1, 0.15) is 34.0 Å². The van der Waals surface area contributed by atoms with E-state index in [4.69, 9.17) is 4.74 Å². The molecule has 0 aliphatic carbocycles. The number of nitrogens with one attached hydrogen (secondary N) is 2. The molecule has 0 unspecified atom stereocenters. The third kappa shape index (κ3) is 4.35. The summed E-state index contributed by atoms with van der Waals surface area (Å²) in [6.07, 6.45) is -0.733. The van der Waals surface area contributed by atoms with Crippen LogP contribution in [0.3, 0.4) is 0 Å². The second kappa shape index (κ2) is 7.64. The highest BCUT2D eigenvalue weighted by Gasteiger charge is 2.17. The fourth-order valence-corrected chi connectivity index (χ4v) is 2.21. The summed E-state index contributed by atoms with van der Waals surface area (Å²) in [6, 6.07) is 12.9. The summed E-state index contributed by atoms with van der Waals surface area (Å²) in [5.74, 6) is -0.106. The minimum Gasteiger partial charge on any atom is -0.480 e. The third-order valence-corrected chi connectivity index (χ3v) is 3.69. The molecule has 0 spiro atoms. The number of hydrazine groups is 1. The van der Waals surface area contributed by atoms with Crippen molar-refractivity contribution in [3.63, 3.8) is 0 Å². The molecule has 0 saturated heterocycles. The molecule has 24 heavy (non-hydrogen) atoms. The van der Waals surface area contributed by atoms with Gasteiger partial charge in [-0.3, -0.25) is 20.4 Å². The number of rotatable bonds is 4. The molecule has 2 aromatic rings. The first-order valence-electron chi connectivity index (χ1n) is 7.78. The van der Waals surface area contributed by atoms with E-state index in [9.17, 15) is 9.59 Å². The second-order valence-electron chi connectivity index (χ2n) is 5.79. The maximum Gasteiger partial charge on any atom is 0.279 e. The van der Waals surface area contributed by atoms with Crippen molar-refractivity contribution in [1.29, 1.82) is 0 Å². The summed E-state index contributed by atoms with van der Waals surface area (Å²) in [6.45, 7) is 7.42. The minimum absolute atomic E-state index is 0.373. The van der Waals surface area contributed by atoms with E-state index in [1.54, 1.807) is 19.1 Å². The Kier molecular flexibility index (Phi) is 5.58. The Morgan fingerprint density at radius 2 is 1.50 bits per heavy atom. The SMILES string of the molecule is Cc1ccc(C(=O)NNC(=O)[C@H](C)Oc2c(C)cccc2C)cc1. The highest BCUT2D eigenvalue weighted by Crippen LogP contribution is 2.23. The van der Waals surface area contributed by atoms with Crippen LogP contribution in [-0.2, 0) is 4.79 Å². The number of carbonyl (C=O) groups excluding carboxylic acids is 2. The Morgan fingerprint density at radius 3 is 2.08 bits per heavy atom. The van der Waals surface area contributed by atoms with Crippen LogP contribution in [0.15, 0.2) is 42.5 Å². The maximum absolute atomic E-state index is 12.1. The van der Waals surface area contributed by atoms with Crippen LogP contribution in [-0.4, -0.2) is 17.9 Å². The Bertz CT molecular complexity index is 719. The average Bonchev–Trinajstić information content (AvgIpc) is 2.56. The van der Waals surface area contributed by atoms with Gasteiger partial charge in [-0.15, -0.1) is 0 Å². The summed E-state index contributed by atoms with van der Waals surface area (Å²) in [4.78, 5) is 24.1. The molecule has 2 N–H and O–H groups in total. The molecule has 0 saturated carbocycles. The van der Waals surface area contributed by atoms with E-state index < -0.39 is 12.0 Å². The van der Waals surface area contributed by atoms with Crippen molar-refractivity contribution in [2.45, 2.75) is 33.8 Å². The normalized spacial score (nSPS) is 11.5. The van der Waals surface area contributed by atoms with Crippen LogP contribution in [0, 0.1) is 20.8 Å². The van der Waals surface area contributed by atoms with Gasteiger partial charge in [0.2, 0.25) is 0 Å². The van der Waals surface area contributed by atoms with Gasteiger partial charge < -0.3 is 4.74 Å². The van der Waals surface area contributed by atoms with Crippen molar-refractivity contribution in [3.05, 3.63) is 64.7 Å². The molecule has 0 aliphatic heterocycles. The summed E-state index contributed by atoms with van der Waals surface area (Å²) in [5.41, 5.74) is 8.24. The third-order valence-electron chi connectivity index (χ3n) is 3.69. The summed E-state index contributed by atoms with van der Waals surface area (Å²) >= 11 is 0. The number of benzene rings is 2. The monoisotopic (exact) mass is 326 g/mol. The molecule has 0 radical (unpaired) electrons. The Morgan fingerprint density at radius 1 is 0.917 bits per heavy atom. The lowest BCUT2D eigenvalue weighted by molar-refractivity contribution is -0.128. The molecule has 2 amide bonds. The van der Waals surface area contributed by atoms with Crippen LogP contribution >= 0.6 is 0 Å². The van der Waals surface area contributed by atoms with Crippen LogP contribution in [0.25, 0.3) is 0 Å². The van der Waals surface area contributed by atoms with Gasteiger partial charge in [0.15, 0.2) is 6.10 Å².